The van der Waals surface area contributed by atoms with Gasteiger partial charge in [0.2, 0.25) is 0 Å². The van der Waals surface area contributed by atoms with Crippen LogP contribution in [0, 0.1) is 11.3 Å². The van der Waals surface area contributed by atoms with Gasteiger partial charge in [0.05, 0.1) is 5.69 Å². The largest absolute Gasteiger partial charge is 0.291 e. The molecule has 1 aromatic rings. The van der Waals surface area contributed by atoms with Gasteiger partial charge in [0.1, 0.15) is 0 Å². The van der Waals surface area contributed by atoms with Gasteiger partial charge >= 0.3 is 0 Å². The van der Waals surface area contributed by atoms with Crippen LogP contribution < -0.4 is 0 Å². The van der Waals surface area contributed by atoms with E-state index in [0.717, 1.165) is 18.2 Å². The van der Waals surface area contributed by atoms with E-state index >= 15 is 0 Å². The molecule has 2 aliphatic rings. The van der Waals surface area contributed by atoms with Crippen LogP contribution in [0.5, 0.6) is 0 Å². The Bertz CT molecular complexity index is 450. The van der Waals surface area contributed by atoms with E-state index in [2.05, 4.69) is 36.0 Å². The highest BCUT2D eigenvalue weighted by molar-refractivity contribution is 5.06. The van der Waals surface area contributed by atoms with Crippen LogP contribution in [0.1, 0.15) is 45.7 Å². The van der Waals surface area contributed by atoms with Gasteiger partial charge in [-0.2, -0.15) is 0 Å². The maximum Gasteiger partial charge on any atom is 0.0967 e. The van der Waals surface area contributed by atoms with Crippen LogP contribution in [-0.4, -0.2) is 32.0 Å². The van der Waals surface area contributed by atoms with Gasteiger partial charge in [0, 0.05) is 31.9 Å². The highest BCUT2D eigenvalue weighted by Gasteiger charge is 2.50. The second-order valence-electron chi connectivity index (χ2n) is 7.14. The predicted molar refractivity (Wildman–Crippen MR) is 70.9 cm³/mol. The summed E-state index contributed by atoms with van der Waals surface area (Å²) in [5.41, 5.74) is 1.92. The average molecular weight is 248 g/mol. The minimum absolute atomic E-state index is 0.299. The first-order valence-corrected chi connectivity index (χ1v) is 6.99. The van der Waals surface area contributed by atoms with Crippen molar-refractivity contribution in [2.24, 2.45) is 18.4 Å². The summed E-state index contributed by atoms with van der Waals surface area (Å²) < 4.78 is 1.79. The molecular weight excluding hydrogens is 224 g/mol. The zero-order chi connectivity index (χ0) is 13.0. The Morgan fingerprint density at radius 3 is 2.83 bits per heavy atom. The maximum absolute atomic E-state index is 4.24. The van der Waals surface area contributed by atoms with Gasteiger partial charge in [-0.15, -0.1) is 5.10 Å². The molecule has 0 spiro atoms. The molecule has 3 rings (SSSR count). The normalized spacial score (nSPS) is 35.0. The third-order valence-corrected chi connectivity index (χ3v) is 5.23. The van der Waals surface area contributed by atoms with Crippen LogP contribution in [0.15, 0.2) is 6.20 Å². The molecular formula is C14H24N4. The number of nitrogens with zero attached hydrogens (tertiary/aromatic N) is 4. The minimum Gasteiger partial charge on any atom is -0.291 e. The predicted octanol–water partition coefficient (Wildman–Crippen LogP) is 2.22. The number of likely N-dealkylation sites (tertiary alicyclic amines) is 1. The smallest absolute Gasteiger partial charge is 0.0967 e. The molecule has 1 aliphatic heterocycles. The van der Waals surface area contributed by atoms with Gasteiger partial charge in [-0.1, -0.05) is 12.1 Å². The Labute approximate surface area is 109 Å². The first kappa shape index (κ1) is 12.2. The lowest BCUT2D eigenvalue weighted by Gasteiger charge is -2.50. The summed E-state index contributed by atoms with van der Waals surface area (Å²) in [4.78, 5) is 2.62. The second-order valence-corrected chi connectivity index (χ2v) is 7.14. The van der Waals surface area contributed by atoms with Gasteiger partial charge in [0.25, 0.3) is 0 Å². The summed E-state index contributed by atoms with van der Waals surface area (Å²) >= 11 is 0. The molecule has 2 bridgehead atoms. The molecule has 1 aromatic heterocycles. The highest BCUT2D eigenvalue weighted by Crippen LogP contribution is 2.53. The van der Waals surface area contributed by atoms with E-state index in [-0.39, 0.29) is 0 Å². The van der Waals surface area contributed by atoms with Crippen LogP contribution in [0.3, 0.4) is 0 Å². The van der Waals surface area contributed by atoms with Crippen LogP contribution in [-0.2, 0) is 13.6 Å². The zero-order valence-corrected chi connectivity index (χ0v) is 12.0. The molecule has 2 heterocycles. The standard InChI is InChI=1S/C14H24N4/c1-13(2)11-5-6-14(3,7-11)10-18(13)9-12-8-17(4)16-15-12/h8,11H,5-7,9-10H2,1-4H3/t11-,14+/m0/s1. The van der Waals surface area contributed by atoms with Crippen molar-refractivity contribution in [1.29, 1.82) is 0 Å². The molecule has 4 heteroatoms. The first-order valence-electron chi connectivity index (χ1n) is 6.99. The molecule has 4 nitrogen and oxygen atoms in total. The van der Waals surface area contributed by atoms with Gasteiger partial charge in [-0.05, 0) is 44.4 Å². The third-order valence-electron chi connectivity index (χ3n) is 5.23. The molecule has 0 amide bonds. The molecule has 1 aliphatic carbocycles. The van der Waals surface area contributed by atoms with Gasteiger partial charge in [-0.25, -0.2) is 0 Å². The fourth-order valence-electron chi connectivity index (χ4n) is 3.91. The summed E-state index contributed by atoms with van der Waals surface area (Å²) in [6.45, 7) is 9.39. The fourth-order valence-corrected chi connectivity index (χ4v) is 3.91. The highest BCUT2D eigenvalue weighted by atomic mass is 15.4. The number of rotatable bonds is 2. The molecule has 0 unspecified atom stereocenters. The van der Waals surface area contributed by atoms with Crippen molar-refractivity contribution in [2.45, 2.75) is 52.1 Å². The van der Waals surface area contributed by atoms with E-state index in [0.29, 0.717) is 11.0 Å². The van der Waals surface area contributed by atoms with Crippen LogP contribution in [0.4, 0.5) is 0 Å². The Kier molecular flexibility index (Phi) is 2.56. The molecule has 2 atom stereocenters. The number of hydrogen-bond donors (Lipinski definition) is 0. The summed E-state index contributed by atoms with van der Waals surface area (Å²) in [6.07, 6.45) is 6.21. The van der Waals surface area contributed by atoms with Crippen molar-refractivity contribution in [3.63, 3.8) is 0 Å². The van der Waals surface area contributed by atoms with Crippen molar-refractivity contribution in [3.8, 4) is 0 Å². The van der Waals surface area contributed by atoms with E-state index in [9.17, 15) is 0 Å². The zero-order valence-electron chi connectivity index (χ0n) is 12.0. The molecule has 1 saturated heterocycles. The number of piperidine rings is 1. The topological polar surface area (TPSA) is 34.0 Å². The lowest BCUT2D eigenvalue weighted by molar-refractivity contribution is -0.0139. The molecule has 18 heavy (non-hydrogen) atoms. The van der Waals surface area contributed by atoms with E-state index in [1.807, 2.05) is 13.2 Å². The molecule has 0 N–H and O–H groups in total. The van der Waals surface area contributed by atoms with Crippen molar-refractivity contribution in [2.75, 3.05) is 6.54 Å². The maximum atomic E-state index is 4.24. The van der Waals surface area contributed by atoms with E-state index < -0.39 is 0 Å². The van der Waals surface area contributed by atoms with Gasteiger partial charge < -0.3 is 0 Å². The van der Waals surface area contributed by atoms with Crippen molar-refractivity contribution in [1.82, 2.24) is 19.9 Å². The summed E-state index contributed by atoms with van der Waals surface area (Å²) in [7, 11) is 1.93. The SMILES string of the molecule is Cn1cc(CN2C[C@]3(C)CC[C@@H](C3)C2(C)C)nn1. The molecule has 1 saturated carbocycles. The fraction of sp³-hybridized carbons (Fsp3) is 0.857. The molecule has 100 valence electrons. The Morgan fingerprint density at radius 1 is 1.39 bits per heavy atom. The second kappa shape index (κ2) is 3.80. The lowest BCUT2D eigenvalue weighted by Crippen LogP contribution is -2.55. The van der Waals surface area contributed by atoms with Crippen LogP contribution in [0.2, 0.25) is 0 Å². The van der Waals surface area contributed by atoms with Gasteiger partial charge in [0.15, 0.2) is 0 Å². The van der Waals surface area contributed by atoms with Crippen molar-refractivity contribution in [3.05, 3.63) is 11.9 Å². The van der Waals surface area contributed by atoms with Crippen LogP contribution >= 0.6 is 0 Å². The summed E-state index contributed by atoms with van der Waals surface area (Å²) in [6, 6.07) is 0. The molecule has 0 radical (unpaired) electrons. The summed E-state index contributed by atoms with van der Waals surface area (Å²) in [5, 5.41) is 8.28. The Balaban J connectivity index is 1.82. The average Bonchev–Trinajstić information content (AvgIpc) is 2.82. The van der Waals surface area contributed by atoms with E-state index in [1.165, 1.54) is 25.8 Å². The minimum atomic E-state index is 0.299. The Morgan fingerprint density at radius 2 is 2.17 bits per heavy atom. The quantitative estimate of drug-likeness (QED) is 0.804. The molecule has 0 aromatic carbocycles. The number of fused-ring (bicyclic) bond motifs is 2. The van der Waals surface area contributed by atoms with Gasteiger partial charge in [-0.3, -0.25) is 9.58 Å². The lowest BCUT2D eigenvalue weighted by atomic mass is 9.75. The first-order chi connectivity index (χ1) is 8.39. The Hall–Kier alpha value is -0.900. The number of aromatic nitrogens is 3. The monoisotopic (exact) mass is 248 g/mol. The van der Waals surface area contributed by atoms with E-state index in [4.69, 9.17) is 0 Å². The number of aryl methyl sites for hydroxylation is 1. The van der Waals surface area contributed by atoms with E-state index in [1.54, 1.807) is 4.68 Å². The van der Waals surface area contributed by atoms with Crippen LogP contribution in [0.25, 0.3) is 0 Å². The van der Waals surface area contributed by atoms with Crippen molar-refractivity contribution >= 4 is 0 Å². The van der Waals surface area contributed by atoms with Crippen molar-refractivity contribution < 1.29 is 0 Å². The summed E-state index contributed by atoms with van der Waals surface area (Å²) in [5.74, 6) is 0.841. The molecule has 2 fully saturated rings. The third kappa shape index (κ3) is 1.87. The number of hydrogen-bond acceptors (Lipinski definition) is 3.